The van der Waals surface area contributed by atoms with Gasteiger partial charge in [0.2, 0.25) is 5.76 Å². The third-order valence-corrected chi connectivity index (χ3v) is 4.07. The fourth-order valence-corrected chi connectivity index (χ4v) is 2.69. The Labute approximate surface area is 155 Å². The van der Waals surface area contributed by atoms with E-state index in [0.717, 1.165) is 29.7 Å². The molecule has 2 aromatic carbocycles. The first-order chi connectivity index (χ1) is 12.6. The smallest absolute Gasteiger partial charge is 0.313 e. The number of benzene rings is 2. The van der Waals surface area contributed by atoms with Gasteiger partial charge in [0.05, 0.1) is 10.5 Å². The number of aromatic hydroxyl groups is 5. The zero-order chi connectivity index (χ0) is 20.3. The van der Waals surface area contributed by atoms with E-state index in [1.165, 1.54) is 0 Å². The van der Waals surface area contributed by atoms with Crippen LogP contribution in [-0.4, -0.2) is 46.9 Å². The van der Waals surface area contributed by atoms with Crippen LogP contribution in [0.15, 0.2) is 34.9 Å². The highest BCUT2D eigenvalue weighted by Crippen LogP contribution is 2.42. The first kappa shape index (κ1) is 19.7. The molecule has 0 unspecified atom stereocenters. The second kappa shape index (κ2) is 7.72. The highest BCUT2D eigenvalue weighted by atomic mass is 32.2. The van der Waals surface area contributed by atoms with Crippen molar-refractivity contribution in [2.24, 2.45) is 0 Å². The summed E-state index contributed by atoms with van der Waals surface area (Å²) in [5.74, 6) is -6.38. The molecule has 1 amide bonds. The first-order valence-electron chi connectivity index (χ1n) is 6.96. The second-order valence-corrected chi connectivity index (χ2v) is 5.89. The van der Waals surface area contributed by atoms with Crippen molar-refractivity contribution in [3.8, 4) is 28.7 Å². The van der Waals surface area contributed by atoms with Crippen molar-refractivity contribution in [2.75, 3.05) is 4.72 Å². The summed E-state index contributed by atoms with van der Waals surface area (Å²) in [6, 6.07) is 3.68. The molecular weight excluding hydrogens is 384 g/mol. The number of aliphatic hydroxyl groups is 2. The van der Waals surface area contributed by atoms with Crippen LogP contribution >= 0.6 is 11.9 Å². The predicted molar refractivity (Wildman–Crippen MR) is 92.8 cm³/mol. The van der Waals surface area contributed by atoms with E-state index >= 15 is 0 Å². The van der Waals surface area contributed by atoms with Crippen LogP contribution in [0, 0.1) is 0 Å². The maximum atomic E-state index is 11.1. The van der Waals surface area contributed by atoms with Crippen molar-refractivity contribution in [1.82, 2.24) is 5.48 Å². The second-order valence-electron chi connectivity index (χ2n) is 5.04. The van der Waals surface area contributed by atoms with Crippen LogP contribution in [0.1, 0.15) is 5.56 Å². The monoisotopic (exact) mass is 398 g/mol. The van der Waals surface area contributed by atoms with Gasteiger partial charge in [0.15, 0.2) is 5.76 Å². The van der Waals surface area contributed by atoms with E-state index in [1.54, 1.807) is 0 Å². The molecule has 10 N–H and O–H groups in total. The van der Waals surface area contributed by atoms with E-state index < -0.39 is 46.0 Å². The number of carbonyl (C=O) groups excluding carboxylic acids is 1. The maximum Gasteiger partial charge on any atom is 0.313 e. The Morgan fingerprint density at radius 3 is 2.00 bits per heavy atom. The number of aliphatic hydroxyl groups excluding tert-OH is 2. The Kier molecular flexibility index (Phi) is 5.63. The lowest BCUT2D eigenvalue weighted by Gasteiger charge is -2.13. The van der Waals surface area contributed by atoms with Crippen molar-refractivity contribution in [2.45, 2.75) is 4.90 Å². The number of hydroxylamine groups is 1. The van der Waals surface area contributed by atoms with Gasteiger partial charge in [-0.1, -0.05) is 0 Å². The Hall–Kier alpha value is -3.64. The van der Waals surface area contributed by atoms with E-state index in [9.17, 15) is 40.5 Å². The molecule has 27 heavy (non-hydrogen) atoms. The minimum atomic E-state index is -1.44. The molecule has 0 saturated carbocycles. The van der Waals surface area contributed by atoms with Crippen LogP contribution in [-0.2, 0) is 4.79 Å². The lowest BCUT2D eigenvalue weighted by atomic mass is 10.1. The van der Waals surface area contributed by atoms with Gasteiger partial charge in [-0.2, -0.15) is 0 Å². The highest BCUT2D eigenvalue weighted by molar-refractivity contribution is 8.00. The van der Waals surface area contributed by atoms with Crippen LogP contribution in [0.25, 0.3) is 5.76 Å². The number of phenolic OH excluding ortho intramolecular Hbond substituents is 5. The maximum absolute atomic E-state index is 11.1. The zero-order valence-electron chi connectivity index (χ0n) is 13.2. The van der Waals surface area contributed by atoms with Crippen LogP contribution in [0.4, 0.5) is 5.69 Å². The Morgan fingerprint density at radius 2 is 1.44 bits per heavy atom. The number of carbonyl (C=O) groups is 1. The third kappa shape index (κ3) is 4.13. The van der Waals surface area contributed by atoms with Crippen LogP contribution in [0.5, 0.6) is 28.7 Å². The quantitative estimate of drug-likeness (QED) is 0.0666. The third-order valence-electron chi connectivity index (χ3n) is 3.22. The summed E-state index contributed by atoms with van der Waals surface area (Å²) in [5, 5.41) is 76.2. The molecular formula is C15H14N2O9S. The standard InChI is InChI=1S/C15H14N2O9S/c18-5-1-9(21)12(10(22)2-5)17-27-11-3-6(7(19)4-8(11)20)13(23)14(24)15(25)16-26/h1-4,17-24,26H,(H,16,25)/b14-13+. The molecule has 0 fully saturated rings. The molecule has 0 heterocycles. The van der Waals surface area contributed by atoms with Crippen LogP contribution in [0.2, 0.25) is 0 Å². The Morgan fingerprint density at radius 1 is 0.852 bits per heavy atom. The summed E-state index contributed by atoms with van der Waals surface area (Å²) in [6.45, 7) is 0. The normalized spacial score (nSPS) is 11.6. The average Bonchev–Trinajstić information content (AvgIpc) is 2.60. The molecule has 2 aromatic rings. The van der Waals surface area contributed by atoms with E-state index in [-0.39, 0.29) is 16.3 Å². The van der Waals surface area contributed by atoms with Crippen LogP contribution in [0.3, 0.4) is 0 Å². The minimum absolute atomic E-state index is 0.0570. The molecule has 0 saturated heterocycles. The van der Waals surface area contributed by atoms with Crippen molar-refractivity contribution in [3.63, 3.8) is 0 Å². The van der Waals surface area contributed by atoms with Crippen molar-refractivity contribution in [1.29, 1.82) is 0 Å². The van der Waals surface area contributed by atoms with Crippen molar-refractivity contribution in [3.05, 3.63) is 35.6 Å². The molecule has 2 rings (SSSR count). The van der Waals surface area contributed by atoms with Gasteiger partial charge in [0.25, 0.3) is 0 Å². The first-order valence-corrected chi connectivity index (χ1v) is 7.78. The van der Waals surface area contributed by atoms with Crippen molar-refractivity contribution >= 4 is 29.3 Å². The topological polar surface area (TPSA) is 203 Å². The molecule has 0 aliphatic carbocycles. The Bertz CT molecular complexity index is 907. The predicted octanol–water partition coefficient (Wildman–Crippen LogP) is 1.62. The number of amides is 1. The Balaban J connectivity index is 2.38. The summed E-state index contributed by atoms with van der Waals surface area (Å²) in [7, 11) is 0. The van der Waals surface area contributed by atoms with Gasteiger partial charge >= 0.3 is 5.91 Å². The summed E-state index contributed by atoms with van der Waals surface area (Å²) in [6.07, 6.45) is 0. The molecule has 0 radical (unpaired) electrons. The van der Waals surface area contributed by atoms with E-state index in [2.05, 4.69) is 4.72 Å². The fourth-order valence-electron chi connectivity index (χ4n) is 1.92. The summed E-state index contributed by atoms with van der Waals surface area (Å²) >= 11 is 0.622. The van der Waals surface area contributed by atoms with Gasteiger partial charge in [0.1, 0.15) is 34.4 Å². The van der Waals surface area contributed by atoms with Crippen LogP contribution < -0.4 is 10.2 Å². The molecule has 0 aromatic heterocycles. The molecule has 144 valence electrons. The SMILES string of the molecule is O=C(NO)/C(O)=C(\O)c1cc(SNc2c(O)cc(O)cc2O)c(O)cc1O. The number of rotatable bonds is 5. The van der Waals surface area contributed by atoms with Gasteiger partial charge in [-0.3, -0.25) is 10.0 Å². The summed E-state index contributed by atoms with van der Waals surface area (Å²) in [5.41, 5.74) is 0.432. The fraction of sp³-hybridized carbons (Fsp3) is 0. The summed E-state index contributed by atoms with van der Waals surface area (Å²) < 4.78 is 2.50. The van der Waals surface area contributed by atoms with Gasteiger partial charge in [-0.05, 0) is 18.0 Å². The van der Waals surface area contributed by atoms with Crippen molar-refractivity contribution < 1.29 is 45.7 Å². The number of hydrogen-bond donors (Lipinski definition) is 10. The number of phenols is 5. The molecule has 0 bridgehead atoms. The lowest BCUT2D eigenvalue weighted by Crippen LogP contribution is -2.21. The van der Waals surface area contributed by atoms with E-state index in [1.807, 2.05) is 0 Å². The molecule has 0 aliphatic rings. The number of anilines is 1. The van der Waals surface area contributed by atoms with Gasteiger partial charge in [0, 0.05) is 18.2 Å². The lowest BCUT2D eigenvalue weighted by molar-refractivity contribution is -0.127. The molecule has 0 aliphatic heterocycles. The highest BCUT2D eigenvalue weighted by Gasteiger charge is 2.20. The average molecular weight is 398 g/mol. The van der Waals surface area contributed by atoms with Gasteiger partial charge in [-0.25, -0.2) is 5.48 Å². The van der Waals surface area contributed by atoms with Gasteiger partial charge < -0.3 is 40.5 Å². The zero-order valence-corrected chi connectivity index (χ0v) is 14.0. The molecule has 0 atom stereocenters. The largest absolute Gasteiger partial charge is 0.508 e. The number of hydrogen-bond acceptors (Lipinski definition) is 11. The molecule has 12 heteroatoms. The van der Waals surface area contributed by atoms with E-state index in [4.69, 9.17) is 5.21 Å². The number of nitrogens with one attached hydrogen (secondary N) is 2. The summed E-state index contributed by atoms with van der Waals surface area (Å²) in [4.78, 5) is 11.1. The van der Waals surface area contributed by atoms with Gasteiger partial charge in [-0.15, -0.1) is 0 Å². The molecule has 0 spiro atoms. The molecule has 11 nitrogen and oxygen atoms in total. The minimum Gasteiger partial charge on any atom is -0.508 e. The van der Waals surface area contributed by atoms with E-state index in [0.29, 0.717) is 11.9 Å².